The Hall–Kier alpha value is -2.49. The number of fused-ring (bicyclic) bond motifs is 1. The lowest BCUT2D eigenvalue weighted by Gasteiger charge is -2.10. The van der Waals surface area contributed by atoms with Crippen LogP contribution in [0.2, 0.25) is 0 Å². The zero-order valence-electron chi connectivity index (χ0n) is 12.6. The van der Waals surface area contributed by atoms with Crippen LogP contribution < -0.4 is 10.1 Å². The SMILES string of the molecule is COc1ccc(NCc2nc3ccccc3n2C)cc1C. The van der Waals surface area contributed by atoms with Gasteiger partial charge in [0.25, 0.3) is 0 Å². The van der Waals surface area contributed by atoms with Crippen molar-refractivity contribution in [1.82, 2.24) is 9.55 Å². The van der Waals surface area contributed by atoms with Gasteiger partial charge in [-0.2, -0.15) is 0 Å². The molecule has 0 unspecified atom stereocenters. The van der Waals surface area contributed by atoms with Crippen LogP contribution in [0, 0.1) is 6.92 Å². The summed E-state index contributed by atoms with van der Waals surface area (Å²) in [4.78, 5) is 4.66. The van der Waals surface area contributed by atoms with Crippen molar-refractivity contribution in [2.45, 2.75) is 13.5 Å². The minimum atomic E-state index is 0.691. The van der Waals surface area contributed by atoms with E-state index in [4.69, 9.17) is 4.74 Å². The number of hydrogen-bond acceptors (Lipinski definition) is 3. The molecule has 2 aromatic carbocycles. The van der Waals surface area contributed by atoms with Crippen LogP contribution in [0.4, 0.5) is 5.69 Å². The first kappa shape index (κ1) is 13.5. The minimum Gasteiger partial charge on any atom is -0.496 e. The molecule has 3 aromatic rings. The highest BCUT2D eigenvalue weighted by molar-refractivity contribution is 5.75. The summed E-state index contributed by atoms with van der Waals surface area (Å²) in [6.45, 7) is 2.73. The first-order valence-corrected chi connectivity index (χ1v) is 6.98. The average Bonchev–Trinajstić information content (AvgIpc) is 2.82. The number of anilines is 1. The Labute approximate surface area is 124 Å². The molecular formula is C17H19N3O. The predicted molar refractivity (Wildman–Crippen MR) is 85.8 cm³/mol. The van der Waals surface area contributed by atoms with Gasteiger partial charge in [0.2, 0.25) is 0 Å². The van der Waals surface area contributed by atoms with Crippen molar-refractivity contribution >= 4 is 16.7 Å². The summed E-state index contributed by atoms with van der Waals surface area (Å²) in [5.41, 5.74) is 4.37. The van der Waals surface area contributed by atoms with Crippen LogP contribution in [-0.2, 0) is 13.6 Å². The lowest BCUT2D eigenvalue weighted by molar-refractivity contribution is 0.412. The number of nitrogens with one attached hydrogen (secondary N) is 1. The number of rotatable bonds is 4. The van der Waals surface area contributed by atoms with E-state index >= 15 is 0 Å². The van der Waals surface area contributed by atoms with Crippen molar-refractivity contribution in [3.8, 4) is 5.75 Å². The highest BCUT2D eigenvalue weighted by Crippen LogP contribution is 2.22. The zero-order valence-corrected chi connectivity index (χ0v) is 12.6. The topological polar surface area (TPSA) is 39.1 Å². The van der Waals surface area contributed by atoms with Gasteiger partial charge in [-0.3, -0.25) is 0 Å². The summed E-state index contributed by atoms with van der Waals surface area (Å²) in [7, 11) is 3.74. The van der Waals surface area contributed by atoms with Gasteiger partial charge in [0.1, 0.15) is 11.6 Å². The van der Waals surface area contributed by atoms with Crippen LogP contribution in [0.25, 0.3) is 11.0 Å². The molecule has 108 valence electrons. The number of para-hydroxylation sites is 2. The van der Waals surface area contributed by atoms with E-state index < -0.39 is 0 Å². The van der Waals surface area contributed by atoms with Crippen LogP contribution in [0.1, 0.15) is 11.4 Å². The number of benzene rings is 2. The summed E-state index contributed by atoms with van der Waals surface area (Å²) in [5, 5.41) is 3.42. The highest BCUT2D eigenvalue weighted by Gasteiger charge is 2.07. The molecule has 0 aliphatic carbocycles. The van der Waals surface area contributed by atoms with Gasteiger partial charge in [-0.1, -0.05) is 12.1 Å². The van der Waals surface area contributed by atoms with E-state index in [1.807, 2.05) is 44.3 Å². The van der Waals surface area contributed by atoms with Crippen LogP contribution in [-0.4, -0.2) is 16.7 Å². The second-order valence-electron chi connectivity index (χ2n) is 5.11. The molecule has 0 aliphatic rings. The number of methoxy groups -OCH3 is 1. The van der Waals surface area contributed by atoms with E-state index in [9.17, 15) is 0 Å². The number of imidazole rings is 1. The fourth-order valence-electron chi connectivity index (χ4n) is 2.52. The summed E-state index contributed by atoms with van der Waals surface area (Å²) in [6, 6.07) is 14.3. The number of aromatic nitrogens is 2. The summed E-state index contributed by atoms with van der Waals surface area (Å²) in [6.07, 6.45) is 0. The van der Waals surface area contributed by atoms with Gasteiger partial charge in [0, 0.05) is 12.7 Å². The van der Waals surface area contributed by atoms with E-state index in [-0.39, 0.29) is 0 Å². The molecule has 0 amide bonds. The molecule has 0 saturated carbocycles. The normalized spacial score (nSPS) is 10.8. The first-order chi connectivity index (χ1) is 10.2. The van der Waals surface area contributed by atoms with Gasteiger partial charge >= 0.3 is 0 Å². The molecule has 0 atom stereocenters. The Bertz CT molecular complexity index is 777. The highest BCUT2D eigenvalue weighted by atomic mass is 16.5. The van der Waals surface area contributed by atoms with Crippen molar-refractivity contribution in [3.63, 3.8) is 0 Å². The first-order valence-electron chi connectivity index (χ1n) is 6.98. The molecular weight excluding hydrogens is 262 g/mol. The Morgan fingerprint density at radius 2 is 2.00 bits per heavy atom. The second kappa shape index (κ2) is 5.48. The van der Waals surface area contributed by atoms with Gasteiger partial charge in [-0.15, -0.1) is 0 Å². The second-order valence-corrected chi connectivity index (χ2v) is 5.11. The van der Waals surface area contributed by atoms with E-state index in [0.717, 1.165) is 33.9 Å². The third kappa shape index (κ3) is 2.57. The van der Waals surface area contributed by atoms with Crippen molar-refractivity contribution < 1.29 is 4.74 Å². The Kier molecular flexibility index (Phi) is 3.52. The summed E-state index contributed by atoms with van der Waals surface area (Å²) >= 11 is 0. The molecule has 0 aliphatic heterocycles. The molecule has 4 nitrogen and oxygen atoms in total. The number of hydrogen-bond donors (Lipinski definition) is 1. The van der Waals surface area contributed by atoms with Crippen LogP contribution >= 0.6 is 0 Å². The van der Waals surface area contributed by atoms with Gasteiger partial charge < -0.3 is 14.6 Å². The molecule has 0 fully saturated rings. The van der Waals surface area contributed by atoms with E-state index in [1.54, 1.807) is 7.11 Å². The molecule has 0 saturated heterocycles. The quantitative estimate of drug-likeness (QED) is 0.795. The van der Waals surface area contributed by atoms with E-state index in [1.165, 1.54) is 0 Å². The molecule has 21 heavy (non-hydrogen) atoms. The van der Waals surface area contributed by atoms with E-state index in [2.05, 4.69) is 27.0 Å². The summed E-state index contributed by atoms with van der Waals surface area (Å²) < 4.78 is 7.40. The molecule has 4 heteroatoms. The van der Waals surface area contributed by atoms with Crippen molar-refractivity contribution in [2.75, 3.05) is 12.4 Å². The number of ether oxygens (including phenoxy) is 1. The fraction of sp³-hybridized carbons (Fsp3) is 0.235. The van der Waals surface area contributed by atoms with Crippen LogP contribution in [0.3, 0.4) is 0 Å². The molecule has 1 aromatic heterocycles. The molecule has 0 radical (unpaired) electrons. The fourth-order valence-corrected chi connectivity index (χ4v) is 2.52. The Balaban J connectivity index is 1.80. The average molecular weight is 281 g/mol. The van der Waals surface area contributed by atoms with Gasteiger partial charge in [-0.05, 0) is 42.8 Å². The standard InChI is InChI=1S/C17H19N3O/c1-12-10-13(8-9-16(12)21-3)18-11-17-19-14-6-4-5-7-15(14)20(17)2/h4-10,18H,11H2,1-3H3. The van der Waals surface area contributed by atoms with Gasteiger partial charge in [-0.25, -0.2) is 4.98 Å². The maximum Gasteiger partial charge on any atom is 0.128 e. The largest absolute Gasteiger partial charge is 0.496 e. The monoisotopic (exact) mass is 281 g/mol. The number of nitrogens with zero attached hydrogens (tertiary/aromatic N) is 2. The van der Waals surface area contributed by atoms with E-state index in [0.29, 0.717) is 6.54 Å². The Morgan fingerprint density at radius 3 is 2.71 bits per heavy atom. The van der Waals surface area contributed by atoms with Crippen molar-refractivity contribution in [1.29, 1.82) is 0 Å². The van der Waals surface area contributed by atoms with Gasteiger partial charge in [0.05, 0.1) is 24.7 Å². The van der Waals surface area contributed by atoms with Crippen LogP contribution in [0.15, 0.2) is 42.5 Å². The van der Waals surface area contributed by atoms with Crippen molar-refractivity contribution in [2.24, 2.45) is 7.05 Å². The Morgan fingerprint density at radius 1 is 1.19 bits per heavy atom. The summed E-state index contributed by atoms with van der Waals surface area (Å²) in [5.74, 6) is 1.92. The van der Waals surface area contributed by atoms with Crippen LogP contribution in [0.5, 0.6) is 5.75 Å². The molecule has 0 bridgehead atoms. The third-order valence-electron chi connectivity index (χ3n) is 3.73. The maximum atomic E-state index is 5.28. The van der Waals surface area contributed by atoms with Crippen molar-refractivity contribution in [3.05, 3.63) is 53.9 Å². The smallest absolute Gasteiger partial charge is 0.128 e. The third-order valence-corrected chi connectivity index (χ3v) is 3.73. The van der Waals surface area contributed by atoms with Gasteiger partial charge in [0.15, 0.2) is 0 Å². The number of aryl methyl sites for hydroxylation is 2. The molecule has 3 rings (SSSR count). The lowest BCUT2D eigenvalue weighted by atomic mass is 10.2. The molecule has 1 heterocycles. The molecule has 1 N–H and O–H groups in total. The predicted octanol–water partition coefficient (Wildman–Crippen LogP) is 3.50. The molecule has 0 spiro atoms. The lowest BCUT2D eigenvalue weighted by Crippen LogP contribution is -2.06. The minimum absolute atomic E-state index is 0.691. The maximum absolute atomic E-state index is 5.28. The zero-order chi connectivity index (χ0) is 14.8.